The lowest BCUT2D eigenvalue weighted by molar-refractivity contribution is 0.581. The average Bonchev–Trinajstić information content (AvgIpc) is 2.15. The van der Waals surface area contributed by atoms with Crippen molar-refractivity contribution in [3.8, 4) is 0 Å². The summed E-state index contributed by atoms with van der Waals surface area (Å²) in [5.41, 5.74) is 7.17. The van der Waals surface area contributed by atoms with Crippen LogP contribution in [0.25, 0.3) is 0 Å². The summed E-state index contributed by atoms with van der Waals surface area (Å²) in [5, 5.41) is 7.40. The normalized spacial score (nSPS) is 10.5. The van der Waals surface area contributed by atoms with Crippen LogP contribution in [0.15, 0.2) is 18.3 Å². The smallest absolute Gasteiger partial charge is 0.124 e. The van der Waals surface area contributed by atoms with Crippen molar-refractivity contribution in [1.29, 1.82) is 5.41 Å². The second kappa shape index (κ2) is 4.74. The molecule has 1 heterocycles. The minimum atomic E-state index is 0.108. The Morgan fingerprint density at radius 1 is 1.57 bits per heavy atom. The Hall–Kier alpha value is -1.38. The van der Waals surface area contributed by atoms with Crippen molar-refractivity contribution in [3.05, 3.63) is 29.6 Å². The molecular formula is C11H17N3. The van der Waals surface area contributed by atoms with Crippen molar-refractivity contribution in [2.45, 2.75) is 26.7 Å². The monoisotopic (exact) mass is 191 g/mol. The van der Waals surface area contributed by atoms with Gasteiger partial charge in [0.2, 0.25) is 0 Å². The third kappa shape index (κ3) is 2.83. The van der Waals surface area contributed by atoms with E-state index in [2.05, 4.69) is 18.8 Å². The highest BCUT2D eigenvalue weighted by Gasteiger charge is 2.06. The average molecular weight is 191 g/mol. The van der Waals surface area contributed by atoms with E-state index in [-0.39, 0.29) is 5.84 Å². The third-order valence-electron chi connectivity index (χ3n) is 2.14. The molecule has 0 aliphatic carbocycles. The molecular weight excluding hydrogens is 174 g/mol. The highest BCUT2D eigenvalue weighted by Crippen LogP contribution is 2.10. The summed E-state index contributed by atoms with van der Waals surface area (Å²) in [6, 6.07) is 3.67. The fraction of sp³-hybridized carbons (Fsp3) is 0.455. The van der Waals surface area contributed by atoms with Crippen LogP contribution in [0, 0.1) is 11.3 Å². The first-order valence-corrected chi connectivity index (χ1v) is 4.89. The predicted octanol–water partition coefficient (Wildman–Crippen LogP) is 1.95. The zero-order valence-corrected chi connectivity index (χ0v) is 8.75. The first kappa shape index (κ1) is 10.7. The van der Waals surface area contributed by atoms with Gasteiger partial charge in [0.25, 0.3) is 0 Å². The molecule has 0 aliphatic heterocycles. The maximum Gasteiger partial charge on any atom is 0.124 e. The largest absolute Gasteiger partial charge is 0.384 e. The lowest BCUT2D eigenvalue weighted by Crippen LogP contribution is -2.15. The van der Waals surface area contributed by atoms with Crippen LogP contribution in [0.4, 0.5) is 0 Å². The predicted molar refractivity (Wildman–Crippen MR) is 58.4 cm³/mol. The zero-order chi connectivity index (χ0) is 10.6. The van der Waals surface area contributed by atoms with Gasteiger partial charge in [0.15, 0.2) is 0 Å². The number of rotatable bonds is 4. The van der Waals surface area contributed by atoms with Crippen LogP contribution < -0.4 is 5.73 Å². The molecule has 0 bridgehead atoms. The molecule has 1 rings (SSSR count). The van der Waals surface area contributed by atoms with Gasteiger partial charge in [-0.05, 0) is 30.9 Å². The van der Waals surface area contributed by atoms with E-state index < -0.39 is 0 Å². The summed E-state index contributed by atoms with van der Waals surface area (Å²) >= 11 is 0. The van der Waals surface area contributed by atoms with Gasteiger partial charge in [-0.2, -0.15) is 0 Å². The Kier molecular flexibility index (Phi) is 3.63. The van der Waals surface area contributed by atoms with E-state index in [9.17, 15) is 0 Å². The van der Waals surface area contributed by atoms with E-state index in [0.717, 1.165) is 24.1 Å². The van der Waals surface area contributed by atoms with Crippen LogP contribution in [-0.2, 0) is 6.42 Å². The van der Waals surface area contributed by atoms with Gasteiger partial charge in [0, 0.05) is 11.8 Å². The molecule has 0 radical (unpaired) electrons. The highest BCUT2D eigenvalue weighted by molar-refractivity contribution is 5.95. The van der Waals surface area contributed by atoms with E-state index in [0.29, 0.717) is 5.92 Å². The number of nitrogens with zero attached hydrogens (tertiary/aromatic N) is 1. The number of nitrogens with one attached hydrogen (secondary N) is 1. The van der Waals surface area contributed by atoms with Gasteiger partial charge in [0.1, 0.15) is 5.84 Å². The summed E-state index contributed by atoms with van der Waals surface area (Å²) in [6.45, 7) is 4.35. The molecule has 1 aromatic rings. The molecule has 3 heteroatoms. The van der Waals surface area contributed by atoms with Gasteiger partial charge in [-0.15, -0.1) is 0 Å². The van der Waals surface area contributed by atoms with E-state index in [4.69, 9.17) is 11.1 Å². The van der Waals surface area contributed by atoms with Crippen LogP contribution in [0.3, 0.4) is 0 Å². The summed E-state index contributed by atoms with van der Waals surface area (Å²) < 4.78 is 0. The van der Waals surface area contributed by atoms with Crippen molar-refractivity contribution < 1.29 is 0 Å². The fourth-order valence-corrected chi connectivity index (χ4v) is 1.31. The summed E-state index contributed by atoms with van der Waals surface area (Å²) in [6.07, 6.45) is 3.73. The number of aromatic nitrogens is 1. The van der Waals surface area contributed by atoms with Crippen LogP contribution >= 0.6 is 0 Å². The lowest BCUT2D eigenvalue weighted by atomic mass is 10.0. The Morgan fingerprint density at radius 3 is 2.86 bits per heavy atom. The quantitative estimate of drug-likeness (QED) is 0.564. The summed E-state index contributed by atoms with van der Waals surface area (Å²) in [5.74, 6) is 0.758. The molecule has 0 unspecified atom stereocenters. The van der Waals surface area contributed by atoms with Gasteiger partial charge < -0.3 is 5.73 Å². The molecule has 3 nitrogen and oxygen atoms in total. The van der Waals surface area contributed by atoms with Crippen LogP contribution in [-0.4, -0.2) is 10.8 Å². The van der Waals surface area contributed by atoms with Crippen molar-refractivity contribution in [3.63, 3.8) is 0 Å². The zero-order valence-electron chi connectivity index (χ0n) is 8.75. The number of pyridine rings is 1. The molecule has 0 atom stereocenters. The SMILES string of the molecule is CC(C)CCc1ncccc1C(=N)N. The van der Waals surface area contributed by atoms with E-state index in [1.54, 1.807) is 6.20 Å². The Morgan fingerprint density at radius 2 is 2.29 bits per heavy atom. The molecule has 0 saturated carbocycles. The fourth-order valence-electron chi connectivity index (χ4n) is 1.31. The molecule has 0 saturated heterocycles. The van der Waals surface area contributed by atoms with Crippen LogP contribution in [0.5, 0.6) is 0 Å². The van der Waals surface area contributed by atoms with Crippen LogP contribution in [0.1, 0.15) is 31.5 Å². The molecule has 0 spiro atoms. The van der Waals surface area contributed by atoms with E-state index >= 15 is 0 Å². The van der Waals surface area contributed by atoms with E-state index in [1.165, 1.54) is 0 Å². The number of hydrogen-bond donors (Lipinski definition) is 2. The van der Waals surface area contributed by atoms with Crippen molar-refractivity contribution in [2.75, 3.05) is 0 Å². The van der Waals surface area contributed by atoms with Crippen molar-refractivity contribution in [1.82, 2.24) is 4.98 Å². The Bertz CT molecular complexity index is 318. The van der Waals surface area contributed by atoms with Gasteiger partial charge in [-0.1, -0.05) is 13.8 Å². The first-order chi connectivity index (χ1) is 6.61. The van der Waals surface area contributed by atoms with Crippen molar-refractivity contribution in [2.24, 2.45) is 11.7 Å². The first-order valence-electron chi connectivity index (χ1n) is 4.89. The summed E-state index contributed by atoms with van der Waals surface area (Å²) in [4.78, 5) is 4.25. The number of aryl methyl sites for hydroxylation is 1. The second-order valence-corrected chi connectivity index (χ2v) is 3.84. The van der Waals surface area contributed by atoms with Gasteiger partial charge in [-0.3, -0.25) is 10.4 Å². The van der Waals surface area contributed by atoms with E-state index in [1.807, 2.05) is 12.1 Å². The highest BCUT2D eigenvalue weighted by atomic mass is 14.7. The molecule has 1 aromatic heterocycles. The number of nitrogens with two attached hydrogens (primary N) is 1. The standard InChI is InChI=1S/C11H17N3/c1-8(2)5-6-10-9(11(12)13)4-3-7-14-10/h3-4,7-8H,5-6H2,1-2H3,(H3,12,13). The maximum absolute atomic E-state index is 7.40. The molecule has 76 valence electrons. The third-order valence-corrected chi connectivity index (χ3v) is 2.14. The maximum atomic E-state index is 7.40. The molecule has 0 aromatic carbocycles. The second-order valence-electron chi connectivity index (χ2n) is 3.84. The topological polar surface area (TPSA) is 62.8 Å². The molecule has 0 aliphatic rings. The van der Waals surface area contributed by atoms with Gasteiger partial charge in [-0.25, -0.2) is 0 Å². The Balaban J connectivity index is 2.79. The Labute approximate surface area is 84.9 Å². The molecule has 14 heavy (non-hydrogen) atoms. The number of amidine groups is 1. The van der Waals surface area contributed by atoms with Crippen LogP contribution in [0.2, 0.25) is 0 Å². The van der Waals surface area contributed by atoms with Gasteiger partial charge in [0.05, 0.1) is 5.69 Å². The lowest BCUT2D eigenvalue weighted by Gasteiger charge is -2.08. The van der Waals surface area contributed by atoms with Gasteiger partial charge >= 0.3 is 0 Å². The minimum Gasteiger partial charge on any atom is -0.384 e. The number of hydrogen-bond acceptors (Lipinski definition) is 2. The molecule has 0 fully saturated rings. The van der Waals surface area contributed by atoms with Crippen molar-refractivity contribution >= 4 is 5.84 Å². The molecule has 3 N–H and O–H groups in total. The summed E-state index contributed by atoms with van der Waals surface area (Å²) in [7, 11) is 0. The number of nitrogen functional groups attached to an aromatic ring is 1. The molecule has 0 amide bonds. The minimum absolute atomic E-state index is 0.108.